The first-order chi connectivity index (χ1) is 25.5. The fraction of sp³-hybridized carbons (Fsp3) is 0.357. The first-order valence-corrected chi connectivity index (χ1v) is 18.1. The lowest BCUT2D eigenvalue weighted by Gasteiger charge is -2.10. The Morgan fingerprint density at radius 2 is 1.45 bits per heavy atom. The summed E-state index contributed by atoms with van der Waals surface area (Å²) in [5, 5.41) is 10.5. The molecule has 1 unspecified atom stereocenters. The van der Waals surface area contributed by atoms with Crippen LogP contribution in [0.15, 0.2) is 113 Å². The minimum Gasteiger partial charge on any atom is -0.426 e. The number of carbonyl (C=O) groups excluding carboxylic acids is 5. The van der Waals surface area contributed by atoms with Crippen molar-refractivity contribution in [2.75, 3.05) is 0 Å². The molecule has 2 aromatic rings. The lowest BCUT2D eigenvalue weighted by molar-refractivity contribution is -0.134. The lowest BCUT2D eigenvalue weighted by atomic mass is 10.1. The normalized spacial score (nSPS) is 12.7. The summed E-state index contributed by atoms with van der Waals surface area (Å²) in [7, 11) is 0. The topological polar surface area (TPSA) is 183 Å². The van der Waals surface area contributed by atoms with Gasteiger partial charge in [-0.3, -0.25) is 29.3 Å². The molecule has 1 atom stereocenters. The number of ketones is 1. The number of ether oxygens (including phenoxy) is 1. The summed E-state index contributed by atoms with van der Waals surface area (Å²) in [6, 6.07) is 9.57. The number of hydrogen-bond acceptors (Lipinski definition) is 9. The molecule has 0 saturated carbocycles. The molecule has 0 bridgehead atoms. The standard InChI is InChI=1S/C42H53N5O6/c1-4-6-7-8-10-13-16-19-31(3)20-17-14-11-9-12-15-18-21-40(50)53-38-28-26-34(30-35(38)37(48)5-2)47-46-33-24-22-32(23-25-33)41(51)45-42(52)36(43)27-29-39(44)49/h6-7,9-10,12-14,17,19,22-26,28,30,36H,4-5,8,11,15-16,18,20-21,27,29,43H2,1-3H3,(H2,44,49)(H,45,51,52). The smallest absolute Gasteiger partial charge is 0.311 e. The molecule has 0 fully saturated rings. The van der Waals surface area contributed by atoms with Crippen molar-refractivity contribution >= 4 is 40.8 Å². The molecule has 11 nitrogen and oxygen atoms in total. The van der Waals surface area contributed by atoms with Crippen LogP contribution in [0.25, 0.3) is 0 Å². The van der Waals surface area contributed by atoms with Crippen LogP contribution in [-0.4, -0.2) is 35.5 Å². The van der Waals surface area contributed by atoms with Gasteiger partial charge in [0.05, 0.1) is 23.0 Å². The van der Waals surface area contributed by atoms with Crippen molar-refractivity contribution in [3.8, 4) is 5.75 Å². The van der Waals surface area contributed by atoms with Crippen LogP contribution in [0.1, 0.15) is 112 Å². The second-order valence-corrected chi connectivity index (χ2v) is 12.3. The number of primary amides is 1. The fourth-order valence-corrected chi connectivity index (χ4v) is 4.66. The van der Waals surface area contributed by atoms with E-state index in [0.29, 0.717) is 17.8 Å². The molecule has 0 aliphatic carbocycles. The Kier molecular flexibility index (Phi) is 20.9. The maximum absolute atomic E-state index is 12.7. The Morgan fingerprint density at radius 1 is 0.811 bits per heavy atom. The van der Waals surface area contributed by atoms with Gasteiger partial charge in [-0.2, -0.15) is 10.2 Å². The van der Waals surface area contributed by atoms with Crippen molar-refractivity contribution in [3.63, 3.8) is 0 Å². The van der Waals surface area contributed by atoms with Crippen LogP contribution in [-0.2, 0) is 14.4 Å². The minimum atomic E-state index is -1.05. The van der Waals surface area contributed by atoms with Gasteiger partial charge in [0.25, 0.3) is 5.91 Å². The Balaban J connectivity index is 1.83. The number of nitrogens with two attached hydrogens (primary N) is 2. The number of benzene rings is 2. The number of unbranched alkanes of at least 4 members (excludes halogenated alkanes) is 1. The van der Waals surface area contributed by atoms with Crippen molar-refractivity contribution < 1.29 is 28.7 Å². The van der Waals surface area contributed by atoms with E-state index in [9.17, 15) is 24.0 Å². The van der Waals surface area contributed by atoms with Crippen molar-refractivity contribution in [2.45, 2.75) is 97.4 Å². The number of nitrogens with zero attached hydrogens (tertiary/aromatic N) is 2. The first-order valence-electron chi connectivity index (χ1n) is 18.1. The van der Waals surface area contributed by atoms with Crippen LogP contribution in [0, 0.1) is 0 Å². The van der Waals surface area contributed by atoms with Crippen LogP contribution in [0.5, 0.6) is 5.75 Å². The van der Waals surface area contributed by atoms with Crippen molar-refractivity contribution in [2.24, 2.45) is 21.7 Å². The maximum Gasteiger partial charge on any atom is 0.311 e. The monoisotopic (exact) mass is 723 g/mol. The third kappa shape index (κ3) is 18.5. The van der Waals surface area contributed by atoms with E-state index in [0.717, 1.165) is 38.5 Å². The van der Waals surface area contributed by atoms with Crippen LogP contribution in [0.3, 0.4) is 0 Å². The second-order valence-electron chi connectivity index (χ2n) is 12.3. The average molecular weight is 724 g/mol. The molecule has 0 radical (unpaired) electrons. The number of nitrogens with one attached hydrogen (secondary N) is 1. The summed E-state index contributed by atoms with van der Waals surface area (Å²) in [5.74, 6) is -2.44. The van der Waals surface area contributed by atoms with Gasteiger partial charge < -0.3 is 16.2 Å². The fourth-order valence-electron chi connectivity index (χ4n) is 4.66. The highest BCUT2D eigenvalue weighted by Gasteiger charge is 2.18. The molecule has 5 N–H and O–H groups in total. The van der Waals surface area contributed by atoms with E-state index >= 15 is 0 Å². The van der Waals surface area contributed by atoms with Gasteiger partial charge in [0.15, 0.2) is 5.78 Å². The van der Waals surface area contributed by atoms with E-state index in [1.165, 1.54) is 42.0 Å². The summed E-state index contributed by atoms with van der Waals surface area (Å²) < 4.78 is 5.56. The highest BCUT2D eigenvalue weighted by molar-refractivity contribution is 6.06. The number of carbonyl (C=O) groups is 5. The molecule has 2 aromatic carbocycles. The second kappa shape index (κ2) is 25.4. The molecule has 0 aromatic heterocycles. The zero-order chi connectivity index (χ0) is 38.8. The zero-order valence-electron chi connectivity index (χ0n) is 31.1. The van der Waals surface area contributed by atoms with Gasteiger partial charge in [0.2, 0.25) is 11.8 Å². The van der Waals surface area contributed by atoms with Crippen LogP contribution in [0.2, 0.25) is 0 Å². The van der Waals surface area contributed by atoms with E-state index in [1.807, 2.05) is 0 Å². The molecule has 0 spiro atoms. The van der Waals surface area contributed by atoms with Crippen molar-refractivity contribution in [3.05, 3.63) is 114 Å². The highest BCUT2D eigenvalue weighted by atomic mass is 16.5. The first kappa shape index (κ1) is 43.6. The molecular formula is C42H53N5O6. The van der Waals surface area contributed by atoms with Crippen LogP contribution < -0.4 is 21.5 Å². The van der Waals surface area contributed by atoms with Gasteiger partial charge in [0.1, 0.15) is 5.75 Å². The number of imide groups is 1. The van der Waals surface area contributed by atoms with Gasteiger partial charge in [-0.1, -0.05) is 74.1 Å². The van der Waals surface area contributed by atoms with Crippen molar-refractivity contribution in [1.82, 2.24) is 5.32 Å². The Morgan fingerprint density at radius 3 is 2.15 bits per heavy atom. The summed E-state index contributed by atoms with van der Waals surface area (Å²) in [4.78, 5) is 60.7. The van der Waals surface area contributed by atoms with Gasteiger partial charge >= 0.3 is 5.97 Å². The number of amides is 3. The molecule has 11 heteroatoms. The van der Waals surface area contributed by atoms with Crippen LogP contribution in [0.4, 0.5) is 11.4 Å². The summed E-state index contributed by atoms with van der Waals surface area (Å²) in [6.45, 7) is 5.99. The summed E-state index contributed by atoms with van der Waals surface area (Å²) >= 11 is 0. The van der Waals surface area contributed by atoms with E-state index in [-0.39, 0.29) is 48.3 Å². The number of azo groups is 1. The number of hydrogen-bond donors (Lipinski definition) is 3. The molecule has 282 valence electrons. The number of esters is 1. The molecule has 2 rings (SSSR count). The Hall–Kier alpha value is -5.55. The predicted octanol–water partition coefficient (Wildman–Crippen LogP) is 8.76. The average Bonchev–Trinajstić information content (AvgIpc) is 3.15. The zero-order valence-corrected chi connectivity index (χ0v) is 31.1. The van der Waals surface area contributed by atoms with Gasteiger partial charge in [-0.15, -0.1) is 0 Å². The Labute approximate surface area is 313 Å². The van der Waals surface area contributed by atoms with Crippen LogP contribution >= 0.6 is 0 Å². The molecule has 3 amide bonds. The maximum atomic E-state index is 12.7. The van der Waals surface area contributed by atoms with Gasteiger partial charge in [-0.05, 0) is 101 Å². The molecule has 0 heterocycles. The van der Waals surface area contributed by atoms with Crippen molar-refractivity contribution in [1.29, 1.82) is 0 Å². The number of Topliss-reactive ketones (excluding diaryl/α,β-unsaturated/α-hetero) is 1. The van der Waals surface area contributed by atoms with E-state index in [2.05, 4.69) is 84.1 Å². The van der Waals surface area contributed by atoms with E-state index < -0.39 is 29.7 Å². The number of allylic oxidation sites excluding steroid dienone is 10. The number of rotatable bonds is 23. The SMILES string of the molecule is CCC=CCC=CCC=C(C)CC=CCC=CCCCC(=O)Oc1ccc(N=Nc2ccc(C(=O)NC(=O)C(N)CCC(N)=O)cc2)cc1C(=O)CC. The largest absolute Gasteiger partial charge is 0.426 e. The molecule has 0 aliphatic rings. The highest BCUT2D eigenvalue weighted by Crippen LogP contribution is 2.28. The van der Waals surface area contributed by atoms with E-state index in [4.69, 9.17) is 16.2 Å². The third-order valence-electron chi connectivity index (χ3n) is 7.73. The molecule has 0 saturated heterocycles. The van der Waals surface area contributed by atoms with Gasteiger partial charge in [-0.25, -0.2) is 0 Å². The lowest BCUT2D eigenvalue weighted by Crippen LogP contribution is -2.43. The Bertz CT molecular complexity index is 1700. The summed E-state index contributed by atoms with van der Waals surface area (Å²) in [6.07, 6.45) is 25.9. The molecule has 53 heavy (non-hydrogen) atoms. The van der Waals surface area contributed by atoms with Gasteiger partial charge in [0, 0.05) is 24.8 Å². The summed E-state index contributed by atoms with van der Waals surface area (Å²) in [5.41, 5.74) is 13.3. The minimum absolute atomic E-state index is 0.0228. The van der Waals surface area contributed by atoms with E-state index in [1.54, 1.807) is 13.0 Å². The third-order valence-corrected chi connectivity index (χ3v) is 7.73. The predicted molar refractivity (Wildman–Crippen MR) is 209 cm³/mol. The quantitative estimate of drug-likeness (QED) is 0.0256. The molecule has 0 aliphatic heterocycles. The molecular weight excluding hydrogens is 670 g/mol.